The standard InChI is InChI=1S/C19H29N3O4/c1-13(2)11-15(17(24)22-18(12-20)7-8-18)21-16(23)14-3-5-19(6-4-14)25-9-10-26-19/h13-15H,3-11H2,1-2H3,(H,21,23)(H,22,24). The summed E-state index contributed by atoms with van der Waals surface area (Å²) in [5.41, 5.74) is -0.717. The highest BCUT2D eigenvalue weighted by molar-refractivity contribution is 5.89. The van der Waals surface area contributed by atoms with Crippen LogP contribution >= 0.6 is 0 Å². The molecule has 3 aliphatic rings. The first-order valence-corrected chi connectivity index (χ1v) is 9.69. The summed E-state index contributed by atoms with van der Waals surface area (Å²) >= 11 is 0. The maximum Gasteiger partial charge on any atom is 0.243 e. The molecule has 0 aromatic rings. The summed E-state index contributed by atoms with van der Waals surface area (Å²) in [5.74, 6) is -0.683. The van der Waals surface area contributed by atoms with Gasteiger partial charge in [-0.3, -0.25) is 9.59 Å². The van der Waals surface area contributed by atoms with Gasteiger partial charge in [-0.2, -0.15) is 5.26 Å². The smallest absolute Gasteiger partial charge is 0.243 e. The summed E-state index contributed by atoms with van der Waals surface area (Å²) in [7, 11) is 0. The number of carbonyl (C=O) groups is 2. The first-order chi connectivity index (χ1) is 12.4. The van der Waals surface area contributed by atoms with Crippen LogP contribution in [0.2, 0.25) is 0 Å². The van der Waals surface area contributed by atoms with Crippen LogP contribution in [0.4, 0.5) is 0 Å². The van der Waals surface area contributed by atoms with Gasteiger partial charge in [0.1, 0.15) is 11.6 Å². The van der Waals surface area contributed by atoms with Crippen molar-refractivity contribution in [1.82, 2.24) is 10.6 Å². The lowest BCUT2D eigenvalue weighted by Gasteiger charge is -2.35. The van der Waals surface area contributed by atoms with Crippen molar-refractivity contribution in [1.29, 1.82) is 5.26 Å². The topological polar surface area (TPSA) is 100 Å². The van der Waals surface area contributed by atoms with Crippen LogP contribution in [0, 0.1) is 23.2 Å². The molecule has 0 aromatic heterocycles. The van der Waals surface area contributed by atoms with Gasteiger partial charge in [-0.1, -0.05) is 13.8 Å². The van der Waals surface area contributed by atoms with Crippen molar-refractivity contribution in [3.63, 3.8) is 0 Å². The van der Waals surface area contributed by atoms with Crippen LogP contribution < -0.4 is 10.6 Å². The molecule has 1 saturated heterocycles. The quantitative estimate of drug-likeness (QED) is 0.747. The molecular formula is C19H29N3O4. The van der Waals surface area contributed by atoms with E-state index in [9.17, 15) is 14.9 Å². The van der Waals surface area contributed by atoms with E-state index in [4.69, 9.17) is 9.47 Å². The zero-order valence-corrected chi connectivity index (χ0v) is 15.7. The maximum absolute atomic E-state index is 12.7. The molecule has 2 N–H and O–H groups in total. The average Bonchev–Trinajstić information content (AvgIpc) is 3.25. The number of amides is 2. The van der Waals surface area contributed by atoms with Crippen molar-refractivity contribution in [2.45, 2.75) is 76.2 Å². The van der Waals surface area contributed by atoms with E-state index in [-0.39, 0.29) is 23.7 Å². The van der Waals surface area contributed by atoms with Gasteiger partial charge < -0.3 is 20.1 Å². The van der Waals surface area contributed by atoms with Crippen LogP contribution in [0.15, 0.2) is 0 Å². The Labute approximate surface area is 154 Å². The van der Waals surface area contributed by atoms with Crippen molar-refractivity contribution >= 4 is 11.8 Å². The Morgan fingerprint density at radius 2 is 1.77 bits per heavy atom. The highest BCUT2D eigenvalue weighted by atomic mass is 16.7. The van der Waals surface area contributed by atoms with Crippen LogP contribution in [-0.2, 0) is 19.1 Å². The average molecular weight is 363 g/mol. The van der Waals surface area contributed by atoms with Crippen LogP contribution in [0.5, 0.6) is 0 Å². The van der Waals surface area contributed by atoms with Crippen molar-refractivity contribution < 1.29 is 19.1 Å². The SMILES string of the molecule is CC(C)CC(NC(=O)C1CCC2(CC1)OCCO2)C(=O)NC1(C#N)CC1. The second-order valence-corrected chi connectivity index (χ2v) is 8.26. The first-order valence-electron chi connectivity index (χ1n) is 9.69. The van der Waals surface area contributed by atoms with Gasteiger partial charge in [-0.15, -0.1) is 0 Å². The largest absolute Gasteiger partial charge is 0.348 e. The fraction of sp³-hybridized carbons (Fsp3) is 0.842. The molecule has 0 radical (unpaired) electrons. The van der Waals surface area contributed by atoms with E-state index in [1.165, 1.54) is 0 Å². The third-order valence-corrected chi connectivity index (χ3v) is 5.60. The minimum Gasteiger partial charge on any atom is -0.348 e. The molecule has 0 aromatic carbocycles. The van der Waals surface area contributed by atoms with Crippen molar-refractivity contribution in [2.24, 2.45) is 11.8 Å². The number of nitrogens with one attached hydrogen (secondary N) is 2. The van der Waals surface area contributed by atoms with E-state index < -0.39 is 17.4 Å². The number of carbonyl (C=O) groups excluding carboxylic acids is 2. The normalized spacial score (nSPS) is 24.8. The van der Waals surface area contributed by atoms with E-state index in [0.29, 0.717) is 58.2 Å². The fourth-order valence-electron chi connectivity index (χ4n) is 3.81. The highest BCUT2D eigenvalue weighted by Gasteiger charge is 2.46. The van der Waals surface area contributed by atoms with Gasteiger partial charge in [-0.25, -0.2) is 0 Å². The van der Waals surface area contributed by atoms with E-state index in [0.717, 1.165) is 0 Å². The lowest BCUT2D eigenvalue weighted by atomic mass is 9.84. The van der Waals surface area contributed by atoms with Crippen LogP contribution in [0.25, 0.3) is 0 Å². The first kappa shape index (κ1) is 19.1. The van der Waals surface area contributed by atoms with Gasteiger partial charge >= 0.3 is 0 Å². The Morgan fingerprint density at radius 1 is 1.15 bits per heavy atom. The lowest BCUT2D eigenvalue weighted by Crippen LogP contribution is -2.52. The molecule has 7 heteroatoms. The summed E-state index contributed by atoms with van der Waals surface area (Å²) in [4.78, 5) is 25.3. The van der Waals surface area contributed by atoms with Gasteiger partial charge in [0.25, 0.3) is 0 Å². The molecule has 1 unspecified atom stereocenters. The zero-order valence-electron chi connectivity index (χ0n) is 15.7. The van der Waals surface area contributed by atoms with Crippen molar-refractivity contribution in [3.05, 3.63) is 0 Å². The molecule has 1 heterocycles. The molecule has 1 spiro atoms. The monoisotopic (exact) mass is 363 g/mol. The number of rotatable bonds is 6. The molecule has 3 rings (SSSR count). The highest BCUT2D eigenvalue weighted by Crippen LogP contribution is 2.38. The molecule has 144 valence electrons. The molecule has 2 aliphatic carbocycles. The Morgan fingerprint density at radius 3 is 2.27 bits per heavy atom. The van der Waals surface area contributed by atoms with Gasteiger partial charge in [0.05, 0.1) is 19.3 Å². The summed E-state index contributed by atoms with van der Waals surface area (Å²) < 4.78 is 11.4. The van der Waals surface area contributed by atoms with Crippen molar-refractivity contribution in [2.75, 3.05) is 13.2 Å². The maximum atomic E-state index is 12.7. The second kappa shape index (κ2) is 7.53. The summed E-state index contributed by atoms with van der Waals surface area (Å²) in [5, 5.41) is 14.9. The number of hydrogen-bond donors (Lipinski definition) is 2. The predicted molar refractivity (Wildman–Crippen MR) is 93.7 cm³/mol. The number of nitrogens with zero attached hydrogens (tertiary/aromatic N) is 1. The fourth-order valence-corrected chi connectivity index (χ4v) is 3.81. The molecule has 1 aliphatic heterocycles. The van der Waals surface area contributed by atoms with Gasteiger partial charge in [-0.05, 0) is 38.0 Å². The van der Waals surface area contributed by atoms with E-state index in [1.54, 1.807) is 0 Å². The Hall–Kier alpha value is -1.65. The molecular weight excluding hydrogens is 334 g/mol. The molecule has 2 amide bonds. The second-order valence-electron chi connectivity index (χ2n) is 8.26. The van der Waals surface area contributed by atoms with Crippen molar-refractivity contribution in [3.8, 4) is 6.07 Å². The predicted octanol–water partition coefficient (Wildman–Crippen LogP) is 1.62. The lowest BCUT2D eigenvalue weighted by molar-refractivity contribution is -0.183. The van der Waals surface area contributed by atoms with Gasteiger partial charge in [0.15, 0.2) is 5.79 Å². The number of ether oxygens (including phenoxy) is 2. The number of nitriles is 1. The zero-order chi connectivity index (χ0) is 18.8. The van der Waals surface area contributed by atoms with Gasteiger partial charge in [0.2, 0.25) is 11.8 Å². The molecule has 0 bridgehead atoms. The molecule has 3 fully saturated rings. The van der Waals surface area contributed by atoms with E-state index in [1.807, 2.05) is 13.8 Å². The summed E-state index contributed by atoms with van der Waals surface area (Å²) in [6.45, 7) is 5.27. The summed E-state index contributed by atoms with van der Waals surface area (Å²) in [6.07, 6.45) is 4.74. The van der Waals surface area contributed by atoms with Crippen LogP contribution in [-0.4, -0.2) is 42.4 Å². The Balaban J connectivity index is 1.55. The molecule has 1 atom stereocenters. The molecule has 26 heavy (non-hydrogen) atoms. The van der Waals surface area contributed by atoms with Crippen LogP contribution in [0.1, 0.15) is 58.8 Å². The van der Waals surface area contributed by atoms with Crippen LogP contribution in [0.3, 0.4) is 0 Å². The number of hydrogen-bond acceptors (Lipinski definition) is 5. The Kier molecular flexibility index (Phi) is 5.54. The third kappa shape index (κ3) is 4.36. The summed E-state index contributed by atoms with van der Waals surface area (Å²) in [6, 6.07) is 1.57. The minimum absolute atomic E-state index is 0.0829. The van der Waals surface area contributed by atoms with E-state index in [2.05, 4.69) is 16.7 Å². The molecule has 7 nitrogen and oxygen atoms in total. The van der Waals surface area contributed by atoms with Gasteiger partial charge in [0, 0.05) is 18.8 Å². The minimum atomic E-state index is -0.717. The third-order valence-electron chi connectivity index (χ3n) is 5.60. The molecule has 2 saturated carbocycles. The Bertz CT molecular complexity index is 578. The van der Waals surface area contributed by atoms with E-state index >= 15 is 0 Å².